The molecular weight excluding hydrogens is 348 g/mol. The third kappa shape index (κ3) is 3.18. The smallest absolute Gasteiger partial charge is 0.410 e. The van der Waals surface area contributed by atoms with Crippen molar-refractivity contribution in [1.29, 1.82) is 0 Å². The molecule has 1 aliphatic rings. The number of halogens is 3. The molecule has 1 heterocycles. The van der Waals surface area contributed by atoms with Crippen molar-refractivity contribution < 1.29 is 23.4 Å². The first-order chi connectivity index (χ1) is 9.53. The quantitative estimate of drug-likeness (QED) is 0.779. The topological polar surface area (TPSA) is 49.8 Å². The SMILES string of the molecule is CC(C)(C)OC(=O)N1CC(O)(c2c(F)ccc(Br)c2F)C1. The van der Waals surface area contributed by atoms with Crippen LogP contribution in [0.5, 0.6) is 0 Å². The van der Waals surface area contributed by atoms with E-state index in [-0.39, 0.29) is 17.6 Å². The molecule has 0 aliphatic carbocycles. The maximum absolute atomic E-state index is 14.0. The lowest BCUT2D eigenvalue weighted by atomic mass is 9.85. The third-order valence-corrected chi connectivity index (χ3v) is 3.68. The Morgan fingerprint density at radius 2 is 1.95 bits per heavy atom. The lowest BCUT2D eigenvalue weighted by Crippen LogP contribution is -2.62. The summed E-state index contributed by atoms with van der Waals surface area (Å²) in [7, 11) is 0. The highest BCUT2D eigenvalue weighted by Gasteiger charge is 2.49. The second-order valence-electron chi connectivity index (χ2n) is 6.09. The molecule has 0 atom stereocenters. The van der Waals surface area contributed by atoms with Crippen LogP contribution in [0.3, 0.4) is 0 Å². The van der Waals surface area contributed by atoms with Gasteiger partial charge in [0.25, 0.3) is 0 Å². The number of carbonyl (C=O) groups is 1. The first-order valence-electron chi connectivity index (χ1n) is 6.38. The van der Waals surface area contributed by atoms with Gasteiger partial charge in [0.1, 0.15) is 22.8 Å². The number of rotatable bonds is 1. The van der Waals surface area contributed by atoms with E-state index in [2.05, 4.69) is 15.9 Å². The Morgan fingerprint density at radius 3 is 2.48 bits per heavy atom. The zero-order chi connectivity index (χ0) is 16.0. The van der Waals surface area contributed by atoms with Gasteiger partial charge >= 0.3 is 6.09 Å². The molecule has 0 bridgehead atoms. The first kappa shape index (κ1) is 16.2. The summed E-state index contributed by atoms with van der Waals surface area (Å²) in [6.45, 7) is 4.71. The molecule has 7 heteroatoms. The molecule has 0 unspecified atom stereocenters. The van der Waals surface area contributed by atoms with Crippen LogP contribution in [-0.2, 0) is 10.3 Å². The highest BCUT2D eigenvalue weighted by molar-refractivity contribution is 9.10. The number of ether oxygens (including phenoxy) is 1. The normalized spacial score (nSPS) is 17.4. The van der Waals surface area contributed by atoms with Crippen molar-refractivity contribution in [3.8, 4) is 0 Å². The summed E-state index contributed by atoms with van der Waals surface area (Å²) in [5, 5.41) is 10.3. The molecule has 0 saturated carbocycles. The number of hydrogen-bond acceptors (Lipinski definition) is 3. The van der Waals surface area contributed by atoms with Crippen LogP contribution in [0, 0.1) is 11.6 Å². The summed E-state index contributed by atoms with van der Waals surface area (Å²) >= 11 is 2.95. The van der Waals surface area contributed by atoms with Gasteiger partial charge in [-0.05, 0) is 48.8 Å². The number of nitrogens with zero attached hydrogens (tertiary/aromatic N) is 1. The van der Waals surface area contributed by atoms with Crippen LogP contribution in [0.2, 0.25) is 0 Å². The molecule has 1 saturated heterocycles. The highest BCUT2D eigenvalue weighted by Crippen LogP contribution is 2.37. The van der Waals surface area contributed by atoms with Crippen molar-refractivity contribution in [3.05, 3.63) is 33.8 Å². The van der Waals surface area contributed by atoms with E-state index in [1.807, 2.05) is 0 Å². The van der Waals surface area contributed by atoms with Gasteiger partial charge in [-0.1, -0.05) is 0 Å². The second-order valence-corrected chi connectivity index (χ2v) is 6.94. The van der Waals surface area contributed by atoms with Crippen LogP contribution in [-0.4, -0.2) is 34.8 Å². The van der Waals surface area contributed by atoms with Gasteiger partial charge in [-0.25, -0.2) is 13.6 Å². The molecule has 1 aliphatic heterocycles. The number of amides is 1. The summed E-state index contributed by atoms with van der Waals surface area (Å²) in [6, 6.07) is 2.29. The molecule has 2 rings (SSSR count). The minimum Gasteiger partial charge on any atom is -0.444 e. The predicted octanol–water partition coefficient (Wildman–Crippen LogP) is 3.17. The van der Waals surface area contributed by atoms with E-state index in [1.54, 1.807) is 20.8 Å². The summed E-state index contributed by atoms with van der Waals surface area (Å²) in [5.41, 5.74) is -2.84. The third-order valence-electron chi connectivity index (χ3n) is 3.07. The number of benzene rings is 1. The summed E-state index contributed by atoms with van der Waals surface area (Å²) in [5.74, 6) is -1.71. The zero-order valence-electron chi connectivity index (χ0n) is 11.9. The Kier molecular flexibility index (Phi) is 4.01. The van der Waals surface area contributed by atoms with Crippen molar-refractivity contribution >= 4 is 22.0 Å². The molecule has 0 radical (unpaired) electrons. The van der Waals surface area contributed by atoms with E-state index >= 15 is 0 Å². The van der Waals surface area contributed by atoms with Crippen LogP contribution in [0.4, 0.5) is 13.6 Å². The largest absolute Gasteiger partial charge is 0.444 e. The molecule has 1 aromatic rings. The van der Waals surface area contributed by atoms with Gasteiger partial charge in [0, 0.05) is 0 Å². The van der Waals surface area contributed by atoms with Gasteiger partial charge in [0.05, 0.1) is 23.1 Å². The molecule has 1 N–H and O–H groups in total. The Labute approximate surface area is 129 Å². The number of hydrogen-bond donors (Lipinski definition) is 1. The molecule has 0 spiro atoms. The summed E-state index contributed by atoms with van der Waals surface area (Å²) in [4.78, 5) is 13.0. The Bertz CT molecular complexity index is 580. The van der Waals surface area contributed by atoms with Gasteiger partial charge in [0.15, 0.2) is 0 Å². The second kappa shape index (κ2) is 5.21. The van der Waals surface area contributed by atoms with Gasteiger partial charge < -0.3 is 14.7 Å². The minimum atomic E-state index is -1.74. The molecule has 1 amide bonds. The highest BCUT2D eigenvalue weighted by atomic mass is 79.9. The maximum atomic E-state index is 14.0. The monoisotopic (exact) mass is 363 g/mol. The summed E-state index contributed by atoms with van der Waals surface area (Å²) in [6.07, 6.45) is -0.622. The molecule has 116 valence electrons. The van der Waals surface area contributed by atoms with E-state index < -0.39 is 34.5 Å². The van der Waals surface area contributed by atoms with Crippen LogP contribution in [0.15, 0.2) is 16.6 Å². The molecule has 0 aromatic heterocycles. The average Bonchev–Trinajstić information content (AvgIpc) is 2.28. The predicted molar refractivity (Wildman–Crippen MR) is 75.8 cm³/mol. The first-order valence-corrected chi connectivity index (χ1v) is 7.17. The van der Waals surface area contributed by atoms with Crippen molar-refractivity contribution in [3.63, 3.8) is 0 Å². The minimum absolute atomic E-state index is 0.0584. The van der Waals surface area contributed by atoms with Crippen LogP contribution in [0.1, 0.15) is 26.3 Å². The molecular formula is C14H16BrF2NO3. The van der Waals surface area contributed by atoms with Gasteiger partial charge in [-0.3, -0.25) is 0 Å². The lowest BCUT2D eigenvalue weighted by Gasteiger charge is -2.46. The van der Waals surface area contributed by atoms with E-state index in [9.17, 15) is 18.7 Å². The standard InChI is InChI=1S/C14H16BrF2NO3/c1-13(2,3)21-12(19)18-6-14(20,7-18)10-9(16)5-4-8(15)11(10)17/h4-5,20H,6-7H2,1-3H3. The van der Waals surface area contributed by atoms with Gasteiger partial charge in [-0.2, -0.15) is 0 Å². The summed E-state index contributed by atoms with van der Waals surface area (Å²) < 4.78 is 33.0. The van der Waals surface area contributed by atoms with E-state index in [1.165, 1.54) is 11.0 Å². The number of aliphatic hydroxyl groups is 1. The Morgan fingerprint density at radius 1 is 1.38 bits per heavy atom. The van der Waals surface area contributed by atoms with Gasteiger partial charge in [-0.15, -0.1) is 0 Å². The fourth-order valence-corrected chi connectivity index (χ4v) is 2.48. The Hall–Kier alpha value is -1.21. The van der Waals surface area contributed by atoms with Crippen LogP contribution >= 0.6 is 15.9 Å². The van der Waals surface area contributed by atoms with E-state index in [0.29, 0.717) is 0 Å². The maximum Gasteiger partial charge on any atom is 0.410 e. The Balaban J connectivity index is 2.16. The van der Waals surface area contributed by atoms with Crippen molar-refractivity contribution in [2.45, 2.75) is 32.0 Å². The molecule has 21 heavy (non-hydrogen) atoms. The van der Waals surface area contributed by atoms with Crippen LogP contribution in [0.25, 0.3) is 0 Å². The molecule has 4 nitrogen and oxygen atoms in total. The fourth-order valence-electron chi connectivity index (χ4n) is 2.15. The number of carbonyl (C=O) groups excluding carboxylic acids is 1. The zero-order valence-corrected chi connectivity index (χ0v) is 13.5. The molecule has 1 fully saturated rings. The number of β-amino-alcohol motifs (C(OH)–C–C–N with tert-alkyl or cyclic N) is 1. The molecule has 1 aromatic carbocycles. The lowest BCUT2D eigenvalue weighted by molar-refractivity contribution is -0.107. The van der Waals surface area contributed by atoms with Gasteiger partial charge in [0.2, 0.25) is 0 Å². The van der Waals surface area contributed by atoms with Crippen molar-refractivity contribution in [2.24, 2.45) is 0 Å². The van der Waals surface area contributed by atoms with E-state index in [0.717, 1.165) is 6.07 Å². The fraction of sp³-hybridized carbons (Fsp3) is 0.500. The van der Waals surface area contributed by atoms with Crippen molar-refractivity contribution in [2.75, 3.05) is 13.1 Å². The van der Waals surface area contributed by atoms with Crippen LogP contribution < -0.4 is 0 Å². The van der Waals surface area contributed by atoms with E-state index in [4.69, 9.17) is 4.74 Å². The number of likely N-dealkylation sites (tertiary alicyclic amines) is 1. The van der Waals surface area contributed by atoms with Crippen molar-refractivity contribution in [1.82, 2.24) is 4.90 Å². The average molecular weight is 364 g/mol.